The van der Waals surface area contributed by atoms with Gasteiger partial charge in [0.05, 0.1) is 39.3 Å². The molecule has 0 unspecified atom stereocenters. The van der Waals surface area contributed by atoms with Gasteiger partial charge in [0.1, 0.15) is 29.6 Å². The van der Waals surface area contributed by atoms with Crippen LogP contribution in [0.2, 0.25) is 0 Å². The summed E-state index contributed by atoms with van der Waals surface area (Å²) in [7, 11) is 4.73. The molecule has 0 spiro atoms. The first-order chi connectivity index (χ1) is 18.1. The highest BCUT2D eigenvalue weighted by Crippen LogP contribution is 2.29. The molecular formula is C27H28N4O5S. The number of hydrogen-bond acceptors (Lipinski definition) is 8. The molecule has 1 amide bonds. The second-order valence-corrected chi connectivity index (χ2v) is 8.78. The van der Waals surface area contributed by atoms with Crippen molar-refractivity contribution in [2.45, 2.75) is 18.3 Å². The number of hydrogen-bond donors (Lipinski definition) is 1. The molecule has 10 heteroatoms. The molecule has 0 aliphatic rings. The average Bonchev–Trinajstić information content (AvgIpc) is 3.32. The van der Waals surface area contributed by atoms with Crippen molar-refractivity contribution in [1.82, 2.24) is 14.8 Å². The van der Waals surface area contributed by atoms with E-state index in [2.05, 4.69) is 15.5 Å². The Bertz CT molecular complexity index is 1330. The minimum absolute atomic E-state index is 0.129. The van der Waals surface area contributed by atoms with Gasteiger partial charge in [-0.15, -0.1) is 10.2 Å². The Morgan fingerprint density at radius 3 is 2.38 bits per heavy atom. The van der Waals surface area contributed by atoms with Crippen LogP contribution in [0.1, 0.15) is 11.4 Å². The first kappa shape index (κ1) is 25.9. The van der Waals surface area contributed by atoms with Gasteiger partial charge in [-0.05, 0) is 29.8 Å². The highest BCUT2D eigenvalue weighted by atomic mass is 32.2. The van der Waals surface area contributed by atoms with Crippen LogP contribution in [-0.4, -0.2) is 47.8 Å². The molecule has 0 fully saturated rings. The van der Waals surface area contributed by atoms with Crippen molar-refractivity contribution in [3.63, 3.8) is 0 Å². The summed E-state index contributed by atoms with van der Waals surface area (Å²) in [6.07, 6.45) is 0. The number of nitrogens with one attached hydrogen (secondary N) is 1. The van der Waals surface area contributed by atoms with Gasteiger partial charge in [-0.3, -0.25) is 9.36 Å². The third-order valence-electron chi connectivity index (χ3n) is 5.40. The molecule has 9 nitrogen and oxygen atoms in total. The molecule has 0 aliphatic carbocycles. The van der Waals surface area contributed by atoms with Gasteiger partial charge in [-0.1, -0.05) is 48.2 Å². The predicted molar refractivity (Wildman–Crippen MR) is 142 cm³/mol. The van der Waals surface area contributed by atoms with Crippen LogP contribution in [0.15, 0.2) is 78.0 Å². The molecule has 0 aliphatic heterocycles. The number of benzene rings is 3. The smallest absolute Gasteiger partial charge is 0.234 e. The molecule has 1 N–H and O–H groups in total. The Kier molecular flexibility index (Phi) is 8.88. The van der Waals surface area contributed by atoms with Crippen molar-refractivity contribution >= 4 is 23.4 Å². The van der Waals surface area contributed by atoms with Crippen LogP contribution in [0.5, 0.6) is 23.0 Å². The Hall–Kier alpha value is -4.18. The molecule has 0 atom stereocenters. The lowest BCUT2D eigenvalue weighted by Crippen LogP contribution is -2.16. The molecule has 0 saturated heterocycles. The van der Waals surface area contributed by atoms with Crippen LogP contribution in [0.3, 0.4) is 0 Å². The standard InChI is InChI=1S/C27H28N4O5S/c1-33-20-10-7-11-22(14-20)36-17-25-29-30-27(31(25)16-19-8-5-4-6-9-19)37-18-26(32)28-23-15-21(34-2)12-13-24(23)35-3/h4-15H,16-18H2,1-3H3,(H,28,32). The number of methoxy groups -OCH3 is 3. The molecule has 4 aromatic rings. The average molecular weight is 521 g/mol. The lowest BCUT2D eigenvalue weighted by molar-refractivity contribution is -0.113. The number of rotatable bonds is 12. The number of amides is 1. The van der Waals surface area contributed by atoms with Crippen molar-refractivity contribution in [2.24, 2.45) is 0 Å². The van der Waals surface area contributed by atoms with E-state index in [1.54, 1.807) is 39.5 Å². The van der Waals surface area contributed by atoms with Gasteiger partial charge in [0, 0.05) is 12.1 Å². The normalized spacial score (nSPS) is 10.6. The lowest BCUT2D eigenvalue weighted by Gasteiger charge is -2.13. The number of thioether (sulfide) groups is 1. The van der Waals surface area contributed by atoms with Crippen molar-refractivity contribution in [3.8, 4) is 23.0 Å². The minimum atomic E-state index is -0.208. The van der Waals surface area contributed by atoms with Crippen LogP contribution in [0, 0.1) is 0 Å². The van der Waals surface area contributed by atoms with Crippen molar-refractivity contribution in [1.29, 1.82) is 0 Å². The predicted octanol–water partition coefficient (Wildman–Crippen LogP) is 4.66. The quantitative estimate of drug-likeness (QED) is 0.270. The number of carbonyl (C=O) groups excluding carboxylic acids is 1. The molecule has 0 radical (unpaired) electrons. The van der Waals surface area contributed by atoms with Crippen LogP contribution in [0.25, 0.3) is 0 Å². The molecule has 1 heterocycles. The fourth-order valence-corrected chi connectivity index (χ4v) is 4.28. The summed E-state index contributed by atoms with van der Waals surface area (Å²) in [6, 6.07) is 22.6. The van der Waals surface area contributed by atoms with Crippen molar-refractivity contribution in [2.75, 3.05) is 32.4 Å². The van der Waals surface area contributed by atoms with E-state index in [9.17, 15) is 4.79 Å². The largest absolute Gasteiger partial charge is 0.497 e. The summed E-state index contributed by atoms with van der Waals surface area (Å²) in [5, 5.41) is 12.2. The van der Waals surface area contributed by atoms with Gasteiger partial charge >= 0.3 is 0 Å². The number of nitrogens with zero attached hydrogens (tertiary/aromatic N) is 3. The van der Waals surface area contributed by atoms with Gasteiger partial charge in [-0.25, -0.2) is 0 Å². The molecule has 0 saturated carbocycles. The summed E-state index contributed by atoms with van der Waals surface area (Å²) >= 11 is 1.30. The zero-order chi connectivity index (χ0) is 26.0. The highest BCUT2D eigenvalue weighted by molar-refractivity contribution is 7.99. The number of ether oxygens (including phenoxy) is 4. The van der Waals surface area contributed by atoms with Crippen LogP contribution >= 0.6 is 11.8 Å². The van der Waals surface area contributed by atoms with Crippen molar-refractivity contribution in [3.05, 3.63) is 84.2 Å². The van der Waals surface area contributed by atoms with Crippen LogP contribution in [-0.2, 0) is 17.9 Å². The highest BCUT2D eigenvalue weighted by Gasteiger charge is 2.17. The first-order valence-corrected chi connectivity index (χ1v) is 12.5. The summed E-state index contributed by atoms with van der Waals surface area (Å²) in [6.45, 7) is 0.749. The van der Waals surface area contributed by atoms with Crippen LogP contribution < -0.4 is 24.3 Å². The SMILES string of the molecule is COc1cccc(OCc2nnc(SCC(=O)Nc3cc(OC)ccc3OC)n2Cc2ccccc2)c1. The van der Waals surface area contributed by atoms with Crippen molar-refractivity contribution < 1.29 is 23.7 Å². The fourth-order valence-electron chi connectivity index (χ4n) is 3.52. The number of aromatic nitrogens is 3. The molecule has 192 valence electrons. The van der Waals surface area contributed by atoms with E-state index in [0.717, 1.165) is 5.56 Å². The van der Waals surface area contributed by atoms with E-state index in [-0.39, 0.29) is 18.3 Å². The zero-order valence-electron chi connectivity index (χ0n) is 20.8. The van der Waals surface area contributed by atoms with E-state index >= 15 is 0 Å². The van der Waals surface area contributed by atoms with Gasteiger partial charge in [0.15, 0.2) is 11.0 Å². The first-order valence-electron chi connectivity index (χ1n) is 11.5. The van der Waals surface area contributed by atoms with Gasteiger partial charge in [-0.2, -0.15) is 0 Å². The Morgan fingerprint density at radius 2 is 1.62 bits per heavy atom. The minimum Gasteiger partial charge on any atom is -0.497 e. The third-order valence-corrected chi connectivity index (χ3v) is 6.37. The third kappa shape index (κ3) is 6.95. The summed E-state index contributed by atoms with van der Waals surface area (Å²) < 4.78 is 23.8. The monoisotopic (exact) mass is 520 g/mol. The Morgan fingerprint density at radius 1 is 0.865 bits per heavy atom. The molecule has 37 heavy (non-hydrogen) atoms. The topological polar surface area (TPSA) is 96.7 Å². The van der Waals surface area contributed by atoms with Crippen LogP contribution in [0.4, 0.5) is 5.69 Å². The molecule has 3 aromatic carbocycles. The molecule has 1 aromatic heterocycles. The number of carbonyl (C=O) groups is 1. The van der Waals surface area contributed by atoms with Gasteiger partial charge < -0.3 is 24.3 Å². The molecule has 4 rings (SSSR count). The van der Waals surface area contributed by atoms with E-state index in [4.69, 9.17) is 18.9 Å². The fraction of sp³-hybridized carbons (Fsp3) is 0.222. The maximum Gasteiger partial charge on any atom is 0.234 e. The maximum atomic E-state index is 12.8. The second-order valence-electron chi connectivity index (χ2n) is 7.84. The summed E-state index contributed by atoms with van der Waals surface area (Å²) in [4.78, 5) is 12.8. The molecule has 0 bridgehead atoms. The molecular weight excluding hydrogens is 492 g/mol. The van der Waals surface area contributed by atoms with E-state index in [1.165, 1.54) is 11.8 Å². The Labute approximate surface area is 219 Å². The second kappa shape index (κ2) is 12.7. The number of anilines is 1. The van der Waals surface area contributed by atoms with E-state index < -0.39 is 0 Å². The summed E-state index contributed by atoms with van der Waals surface area (Å²) in [5.74, 6) is 3.09. The Balaban J connectivity index is 1.48. The lowest BCUT2D eigenvalue weighted by atomic mass is 10.2. The van der Waals surface area contributed by atoms with Gasteiger partial charge in [0.2, 0.25) is 5.91 Å². The van der Waals surface area contributed by atoms with E-state index in [1.807, 2.05) is 59.2 Å². The maximum absolute atomic E-state index is 12.8. The van der Waals surface area contributed by atoms with Gasteiger partial charge in [0.25, 0.3) is 0 Å². The van der Waals surface area contributed by atoms with E-state index in [0.29, 0.717) is 46.2 Å². The zero-order valence-corrected chi connectivity index (χ0v) is 21.7. The summed E-state index contributed by atoms with van der Waals surface area (Å²) in [5.41, 5.74) is 1.61.